The molecule has 0 spiro atoms. The van der Waals surface area contributed by atoms with Gasteiger partial charge in [-0.15, -0.1) is 0 Å². The van der Waals surface area contributed by atoms with Gasteiger partial charge in [-0.05, 0) is 24.6 Å². The molecular weight excluding hydrogens is 286 g/mol. The Kier molecular flexibility index (Phi) is 4.77. The number of aliphatic carboxylic acids is 1. The molecule has 0 radical (unpaired) electrons. The first-order valence-corrected chi connectivity index (χ1v) is 6.70. The number of aromatic nitrogens is 2. The number of ether oxygens (including phenoxy) is 1. The van der Waals surface area contributed by atoms with Gasteiger partial charge >= 0.3 is 5.97 Å². The maximum atomic E-state index is 12.2. The zero-order chi connectivity index (χ0) is 16.1. The molecule has 0 bridgehead atoms. The van der Waals surface area contributed by atoms with E-state index in [0.717, 1.165) is 5.56 Å². The van der Waals surface area contributed by atoms with Crippen molar-refractivity contribution in [3.05, 3.63) is 41.7 Å². The van der Waals surface area contributed by atoms with E-state index in [4.69, 9.17) is 9.84 Å². The minimum Gasteiger partial charge on any atom is -0.495 e. The van der Waals surface area contributed by atoms with Crippen LogP contribution in [0.4, 0.5) is 5.69 Å². The molecule has 2 N–H and O–H groups in total. The average molecular weight is 303 g/mol. The van der Waals surface area contributed by atoms with E-state index in [-0.39, 0.29) is 18.9 Å². The third kappa shape index (κ3) is 3.85. The Balaban J connectivity index is 2.09. The van der Waals surface area contributed by atoms with E-state index in [1.807, 2.05) is 19.1 Å². The summed E-state index contributed by atoms with van der Waals surface area (Å²) in [7, 11) is 1.53. The highest BCUT2D eigenvalue weighted by molar-refractivity contribution is 6.04. The summed E-state index contributed by atoms with van der Waals surface area (Å²) in [6.07, 6.45) is 2.87. The molecular formula is C15H17N3O4. The molecule has 0 aliphatic carbocycles. The zero-order valence-electron chi connectivity index (χ0n) is 12.4. The van der Waals surface area contributed by atoms with Gasteiger partial charge in [-0.3, -0.25) is 14.3 Å². The summed E-state index contributed by atoms with van der Waals surface area (Å²) >= 11 is 0. The highest BCUT2D eigenvalue weighted by atomic mass is 16.5. The van der Waals surface area contributed by atoms with E-state index in [1.54, 1.807) is 6.07 Å². The van der Waals surface area contributed by atoms with E-state index in [9.17, 15) is 9.59 Å². The molecule has 0 aliphatic heterocycles. The quantitative estimate of drug-likeness (QED) is 0.850. The van der Waals surface area contributed by atoms with E-state index in [1.165, 1.54) is 24.2 Å². The summed E-state index contributed by atoms with van der Waals surface area (Å²) in [6.45, 7) is 2.13. The number of anilines is 1. The van der Waals surface area contributed by atoms with Crippen LogP contribution in [0.2, 0.25) is 0 Å². The second-order valence-corrected chi connectivity index (χ2v) is 4.79. The SMILES string of the molecule is COc1ccc(C)cc1NC(=O)c1cnn(CCC(=O)O)c1. The predicted molar refractivity (Wildman–Crippen MR) is 80.2 cm³/mol. The Morgan fingerprint density at radius 3 is 2.86 bits per heavy atom. The van der Waals surface area contributed by atoms with Crippen molar-refractivity contribution in [3.8, 4) is 5.75 Å². The van der Waals surface area contributed by atoms with Crippen LogP contribution >= 0.6 is 0 Å². The lowest BCUT2D eigenvalue weighted by molar-refractivity contribution is -0.137. The minimum absolute atomic E-state index is 0.0472. The van der Waals surface area contributed by atoms with Crippen molar-refractivity contribution in [1.29, 1.82) is 0 Å². The van der Waals surface area contributed by atoms with Gasteiger partial charge in [-0.25, -0.2) is 0 Å². The Hall–Kier alpha value is -2.83. The molecule has 7 nitrogen and oxygen atoms in total. The molecule has 7 heteroatoms. The first-order valence-electron chi connectivity index (χ1n) is 6.70. The number of aryl methyl sites for hydroxylation is 2. The number of rotatable bonds is 6. The van der Waals surface area contributed by atoms with Crippen molar-refractivity contribution in [2.45, 2.75) is 19.9 Å². The summed E-state index contributed by atoms with van der Waals surface area (Å²) in [5.74, 6) is -0.673. The fourth-order valence-electron chi connectivity index (χ4n) is 1.93. The number of carbonyl (C=O) groups excluding carboxylic acids is 1. The highest BCUT2D eigenvalue weighted by Gasteiger charge is 2.12. The second-order valence-electron chi connectivity index (χ2n) is 4.79. The van der Waals surface area contributed by atoms with Crippen molar-refractivity contribution in [2.24, 2.45) is 0 Å². The van der Waals surface area contributed by atoms with Crippen molar-refractivity contribution in [2.75, 3.05) is 12.4 Å². The van der Waals surface area contributed by atoms with Crippen molar-refractivity contribution in [3.63, 3.8) is 0 Å². The first-order chi connectivity index (χ1) is 10.5. The van der Waals surface area contributed by atoms with Crippen LogP contribution in [-0.2, 0) is 11.3 Å². The molecule has 0 fully saturated rings. The fourth-order valence-corrected chi connectivity index (χ4v) is 1.93. The zero-order valence-corrected chi connectivity index (χ0v) is 12.4. The monoisotopic (exact) mass is 303 g/mol. The second kappa shape index (κ2) is 6.75. The van der Waals surface area contributed by atoms with Crippen molar-refractivity contribution >= 4 is 17.6 Å². The Bertz CT molecular complexity index is 694. The molecule has 0 unspecified atom stereocenters. The van der Waals surface area contributed by atoms with Crippen LogP contribution in [0.5, 0.6) is 5.75 Å². The van der Waals surface area contributed by atoms with Gasteiger partial charge in [-0.2, -0.15) is 5.10 Å². The largest absolute Gasteiger partial charge is 0.495 e. The minimum atomic E-state index is -0.911. The van der Waals surface area contributed by atoms with Crippen LogP contribution in [0.1, 0.15) is 22.3 Å². The average Bonchev–Trinajstić information content (AvgIpc) is 2.94. The number of hydrogen-bond donors (Lipinski definition) is 2. The topological polar surface area (TPSA) is 93.5 Å². The number of carboxylic acids is 1. The summed E-state index contributed by atoms with van der Waals surface area (Å²) in [6, 6.07) is 5.48. The van der Waals surface area contributed by atoms with Crippen LogP contribution in [0.15, 0.2) is 30.6 Å². The molecule has 2 rings (SSSR count). The molecule has 0 atom stereocenters. The van der Waals surface area contributed by atoms with E-state index in [2.05, 4.69) is 10.4 Å². The number of benzene rings is 1. The number of carbonyl (C=O) groups is 2. The summed E-state index contributed by atoms with van der Waals surface area (Å²) in [5.41, 5.74) is 1.92. The van der Waals surface area contributed by atoms with Gasteiger partial charge in [0.25, 0.3) is 5.91 Å². The summed E-state index contributed by atoms with van der Waals surface area (Å²) in [5, 5.41) is 15.4. The summed E-state index contributed by atoms with van der Waals surface area (Å²) < 4.78 is 6.63. The van der Waals surface area contributed by atoms with Gasteiger partial charge in [0, 0.05) is 6.20 Å². The Labute approximate surface area is 127 Å². The lowest BCUT2D eigenvalue weighted by atomic mass is 10.2. The standard InChI is InChI=1S/C15H17N3O4/c1-10-3-4-13(22-2)12(7-10)17-15(21)11-8-16-18(9-11)6-5-14(19)20/h3-4,7-9H,5-6H2,1-2H3,(H,17,21)(H,19,20). The van der Waals surface area contributed by atoms with Crippen LogP contribution < -0.4 is 10.1 Å². The van der Waals surface area contributed by atoms with Gasteiger partial charge in [0.15, 0.2) is 0 Å². The molecule has 0 saturated heterocycles. The molecule has 0 aliphatic rings. The molecule has 22 heavy (non-hydrogen) atoms. The van der Waals surface area contributed by atoms with E-state index >= 15 is 0 Å². The number of methoxy groups -OCH3 is 1. The molecule has 116 valence electrons. The normalized spacial score (nSPS) is 10.3. The van der Waals surface area contributed by atoms with Gasteiger partial charge in [0.05, 0.1) is 37.5 Å². The summed E-state index contributed by atoms with van der Waals surface area (Å²) in [4.78, 5) is 22.7. The molecule has 2 aromatic rings. The molecule has 1 aromatic heterocycles. The van der Waals surface area contributed by atoms with E-state index < -0.39 is 5.97 Å². The Morgan fingerprint density at radius 2 is 2.18 bits per heavy atom. The van der Waals surface area contributed by atoms with Gasteiger partial charge < -0.3 is 15.2 Å². The number of carboxylic acid groups (broad SMARTS) is 1. The van der Waals surface area contributed by atoms with Crippen LogP contribution in [0.25, 0.3) is 0 Å². The Morgan fingerprint density at radius 1 is 1.41 bits per heavy atom. The number of nitrogens with zero attached hydrogens (tertiary/aromatic N) is 2. The lowest BCUT2D eigenvalue weighted by Gasteiger charge is -2.10. The molecule has 0 saturated carbocycles. The number of hydrogen-bond acceptors (Lipinski definition) is 4. The third-order valence-electron chi connectivity index (χ3n) is 3.05. The van der Waals surface area contributed by atoms with Crippen molar-refractivity contribution in [1.82, 2.24) is 9.78 Å². The maximum Gasteiger partial charge on any atom is 0.305 e. The first kappa shape index (κ1) is 15.6. The smallest absolute Gasteiger partial charge is 0.305 e. The van der Waals surface area contributed by atoms with Gasteiger partial charge in [0.2, 0.25) is 0 Å². The lowest BCUT2D eigenvalue weighted by Crippen LogP contribution is -2.12. The molecule has 1 amide bonds. The third-order valence-corrected chi connectivity index (χ3v) is 3.05. The molecule has 1 heterocycles. The predicted octanol–water partition coefficient (Wildman–Crippen LogP) is 1.93. The maximum absolute atomic E-state index is 12.2. The van der Waals surface area contributed by atoms with Crippen LogP contribution in [0.3, 0.4) is 0 Å². The fraction of sp³-hybridized carbons (Fsp3) is 0.267. The van der Waals surface area contributed by atoms with Crippen LogP contribution in [0, 0.1) is 6.92 Å². The van der Waals surface area contributed by atoms with Gasteiger partial charge in [0.1, 0.15) is 5.75 Å². The van der Waals surface area contributed by atoms with Crippen molar-refractivity contribution < 1.29 is 19.4 Å². The molecule has 1 aromatic carbocycles. The van der Waals surface area contributed by atoms with E-state index in [0.29, 0.717) is 17.0 Å². The highest BCUT2D eigenvalue weighted by Crippen LogP contribution is 2.25. The number of nitrogens with one attached hydrogen (secondary N) is 1. The number of amides is 1. The van der Waals surface area contributed by atoms with Gasteiger partial charge in [-0.1, -0.05) is 6.07 Å². The van der Waals surface area contributed by atoms with Crippen LogP contribution in [-0.4, -0.2) is 33.9 Å².